The lowest BCUT2D eigenvalue weighted by Gasteiger charge is -2.19. The van der Waals surface area contributed by atoms with Gasteiger partial charge in [0.15, 0.2) is 0 Å². The summed E-state index contributed by atoms with van der Waals surface area (Å²) in [4.78, 5) is 21.6. The summed E-state index contributed by atoms with van der Waals surface area (Å²) in [6, 6.07) is 12.4. The number of carbonyl (C=O) groups is 1. The first kappa shape index (κ1) is 19.8. The third-order valence-electron chi connectivity index (χ3n) is 4.98. The Balaban J connectivity index is 1.83. The smallest absolute Gasteiger partial charge is 0.257 e. The summed E-state index contributed by atoms with van der Waals surface area (Å²) in [6.07, 6.45) is 3.33. The fraction of sp³-hybridized carbons (Fsp3) is 0.348. The van der Waals surface area contributed by atoms with Crippen molar-refractivity contribution in [2.75, 3.05) is 5.32 Å². The number of carbonyl (C=O) groups excluding carboxylic acids is 1. The molecule has 28 heavy (non-hydrogen) atoms. The van der Waals surface area contributed by atoms with Crippen molar-refractivity contribution in [2.24, 2.45) is 0 Å². The Labute approximate surface area is 166 Å². The molecule has 2 heterocycles. The lowest BCUT2D eigenvalue weighted by molar-refractivity contribution is 0.102. The van der Waals surface area contributed by atoms with E-state index in [0.717, 1.165) is 17.2 Å². The minimum Gasteiger partial charge on any atom is -0.341 e. The van der Waals surface area contributed by atoms with Crippen molar-refractivity contribution >= 4 is 11.6 Å². The molecule has 2 aromatic heterocycles. The van der Waals surface area contributed by atoms with Crippen LogP contribution in [0.25, 0.3) is 0 Å². The van der Waals surface area contributed by atoms with Crippen molar-refractivity contribution < 1.29 is 4.79 Å². The van der Waals surface area contributed by atoms with Crippen LogP contribution < -0.4 is 5.32 Å². The van der Waals surface area contributed by atoms with E-state index < -0.39 is 0 Å². The summed E-state index contributed by atoms with van der Waals surface area (Å²) >= 11 is 0. The quantitative estimate of drug-likeness (QED) is 0.693. The fourth-order valence-electron chi connectivity index (χ4n) is 3.46. The molecule has 0 saturated heterocycles. The number of aromatic nitrogens is 3. The first-order valence-corrected chi connectivity index (χ1v) is 9.55. The second kappa shape index (κ2) is 7.58. The van der Waals surface area contributed by atoms with Gasteiger partial charge in [-0.3, -0.25) is 4.79 Å². The maximum atomic E-state index is 12.9. The molecule has 0 radical (unpaired) electrons. The van der Waals surface area contributed by atoms with E-state index in [1.165, 1.54) is 5.56 Å². The van der Waals surface area contributed by atoms with E-state index in [4.69, 9.17) is 0 Å². The predicted molar refractivity (Wildman–Crippen MR) is 113 cm³/mol. The van der Waals surface area contributed by atoms with Crippen LogP contribution in [0.2, 0.25) is 0 Å². The molecule has 0 aliphatic heterocycles. The molecule has 3 rings (SSSR count). The second-order valence-corrected chi connectivity index (χ2v) is 8.24. The molecule has 3 aromatic rings. The predicted octanol–water partition coefficient (Wildman–Crippen LogP) is 5.05. The van der Waals surface area contributed by atoms with Crippen molar-refractivity contribution in [2.45, 2.75) is 53.0 Å². The van der Waals surface area contributed by atoms with Crippen molar-refractivity contribution in [1.29, 1.82) is 0 Å². The fourth-order valence-corrected chi connectivity index (χ4v) is 3.46. The van der Waals surface area contributed by atoms with Gasteiger partial charge in [-0.15, -0.1) is 0 Å². The minimum atomic E-state index is -0.147. The van der Waals surface area contributed by atoms with Gasteiger partial charge in [0.1, 0.15) is 5.82 Å². The second-order valence-electron chi connectivity index (χ2n) is 8.24. The summed E-state index contributed by atoms with van der Waals surface area (Å²) in [6.45, 7) is 12.3. The van der Waals surface area contributed by atoms with E-state index in [9.17, 15) is 4.79 Å². The molecule has 0 fully saturated rings. The molecule has 0 bridgehead atoms. The maximum absolute atomic E-state index is 12.9. The molecule has 0 aliphatic carbocycles. The molecule has 1 N–H and O–H groups in total. The van der Waals surface area contributed by atoms with Crippen LogP contribution in [-0.2, 0) is 5.41 Å². The maximum Gasteiger partial charge on any atom is 0.257 e. The molecular formula is C23H28N4O. The summed E-state index contributed by atoms with van der Waals surface area (Å²) in [5, 5.41) is 2.92. The average molecular weight is 377 g/mol. The molecule has 1 atom stereocenters. The number of hydrogen-bond acceptors (Lipinski definition) is 3. The first-order chi connectivity index (χ1) is 13.2. The molecule has 5 heteroatoms. The van der Waals surface area contributed by atoms with Crippen LogP contribution in [0.5, 0.6) is 0 Å². The zero-order chi connectivity index (χ0) is 20.5. The number of benzene rings is 1. The van der Waals surface area contributed by atoms with Gasteiger partial charge in [0.25, 0.3) is 5.91 Å². The number of aryl methyl sites for hydroxylation is 1. The van der Waals surface area contributed by atoms with E-state index >= 15 is 0 Å². The largest absolute Gasteiger partial charge is 0.341 e. The Hall–Kier alpha value is -2.95. The number of rotatable bonds is 4. The molecule has 0 aliphatic rings. The number of nitrogens with one attached hydrogen (secondary N) is 1. The highest BCUT2D eigenvalue weighted by atomic mass is 16.1. The zero-order valence-corrected chi connectivity index (χ0v) is 17.4. The van der Waals surface area contributed by atoms with Crippen molar-refractivity contribution in [3.05, 3.63) is 77.1 Å². The van der Waals surface area contributed by atoms with Crippen LogP contribution in [0.15, 0.2) is 48.8 Å². The number of amides is 1. The Bertz CT molecular complexity index is 966. The van der Waals surface area contributed by atoms with E-state index in [1.807, 2.05) is 38.1 Å². The highest BCUT2D eigenvalue weighted by molar-refractivity contribution is 6.05. The van der Waals surface area contributed by atoms with E-state index in [-0.39, 0.29) is 17.4 Å². The Morgan fingerprint density at radius 3 is 2.25 bits per heavy atom. The summed E-state index contributed by atoms with van der Waals surface area (Å²) in [5.74, 6) is 0.604. The molecule has 0 saturated carbocycles. The molecule has 0 unspecified atom stereocenters. The lowest BCUT2D eigenvalue weighted by Crippen LogP contribution is -2.18. The first-order valence-electron chi connectivity index (χ1n) is 9.55. The van der Waals surface area contributed by atoms with Crippen molar-refractivity contribution in [1.82, 2.24) is 14.5 Å². The SMILES string of the molecule is Cc1cc(C(=O)Nc2cnc(C(C)(C)C)nc2)c(C)n1[C@H](C)c1ccccc1. The minimum absolute atomic E-state index is 0.124. The van der Waals surface area contributed by atoms with E-state index in [2.05, 4.69) is 59.7 Å². The van der Waals surface area contributed by atoms with Crippen molar-refractivity contribution in [3.8, 4) is 0 Å². The zero-order valence-electron chi connectivity index (χ0n) is 17.4. The van der Waals surface area contributed by atoms with Gasteiger partial charge in [0, 0.05) is 16.8 Å². The van der Waals surface area contributed by atoms with Gasteiger partial charge in [-0.05, 0) is 32.4 Å². The summed E-state index contributed by atoms with van der Waals surface area (Å²) in [5.41, 5.74) is 4.35. The van der Waals surface area contributed by atoms with Gasteiger partial charge in [-0.1, -0.05) is 51.1 Å². The van der Waals surface area contributed by atoms with Gasteiger partial charge < -0.3 is 9.88 Å². The van der Waals surface area contributed by atoms with Gasteiger partial charge in [-0.2, -0.15) is 0 Å². The van der Waals surface area contributed by atoms with E-state index in [0.29, 0.717) is 11.3 Å². The molecule has 0 spiro atoms. The van der Waals surface area contributed by atoms with Crippen LogP contribution in [0.4, 0.5) is 5.69 Å². The van der Waals surface area contributed by atoms with Crippen LogP contribution in [-0.4, -0.2) is 20.4 Å². The average Bonchev–Trinajstić information content (AvgIpc) is 2.96. The van der Waals surface area contributed by atoms with Gasteiger partial charge in [0.05, 0.1) is 29.7 Å². The summed E-state index contributed by atoms with van der Waals surface area (Å²) in [7, 11) is 0. The molecule has 1 amide bonds. The molecule has 1 aromatic carbocycles. The normalized spacial score (nSPS) is 12.6. The van der Waals surface area contributed by atoms with Gasteiger partial charge in [0.2, 0.25) is 0 Å². The standard InChI is InChI=1S/C23H28N4O/c1-15-12-20(17(3)27(15)16(2)18-10-8-7-9-11-18)21(28)26-19-13-24-22(25-14-19)23(4,5)6/h7-14,16H,1-6H3,(H,26,28)/t16-/m1/s1. The summed E-state index contributed by atoms with van der Waals surface area (Å²) < 4.78 is 2.20. The van der Waals surface area contributed by atoms with Crippen molar-refractivity contribution in [3.63, 3.8) is 0 Å². The van der Waals surface area contributed by atoms with Crippen LogP contribution in [0.3, 0.4) is 0 Å². The third kappa shape index (κ3) is 3.98. The Kier molecular flexibility index (Phi) is 5.36. The topological polar surface area (TPSA) is 59.8 Å². The third-order valence-corrected chi connectivity index (χ3v) is 4.98. The molecule has 5 nitrogen and oxygen atoms in total. The Morgan fingerprint density at radius 2 is 1.68 bits per heavy atom. The molecular weight excluding hydrogens is 348 g/mol. The van der Waals surface area contributed by atoms with Gasteiger partial charge in [-0.25, -0.2) is 9.97 Å². The van der Waals surface area contributed by atoms with Crippen LogP contribution in [0.1, 0.15) is 66.9 Å². The van der Waals surface area contributed by atoms with Gasteiger partial charge >= 0.3 is 0 Å². The number of anilines is 1. The highest BCUT2D eigenvalue weighted by Gasteiger charge is 2.21. The van der Waals surface area contributed by atoms with E-state index in [1.54, 1.807) is 12.4 Å². The highest BCUT2D eigenvalue weighted by Crippen LogP contribution is 2.26. The number of hydrogen-bond donors (Lipinski definition) is 1. The molecule has 146 valence electrons. The monoisotopic (exact) mass is 376 g/mol. The van der Waals surface area contributed by atoms with Crippen LogP contribution >= 0.6 is 0 Å². The number of nitrogens with zero attached hydrogens (tertiary/aromatic N) is 3. The lowest BCUT2D eigenvalue weighted by atomic mass is 9.96. The Morgan fingerprint density at radius 1 is 1.07 bits per heavy atom. The van der Waals surface area contributed by atoms with Crippen LogP contribution in [0, 0.1) is 13.8 Å².